The number of urea groups is 1. The van der Waals surface area contributed by atoms with E-state index in [0.29, 0.717) is 35.1 Å². The van der Waals surface area contributed by atoms with Gasteiger partial charge in [-0.2, -0.15) is 0 Å². The molecular weight excluding hydrogens is 496 g/mol. The maximum atomic E-state index is 13.2. The van der Waals surface area contributed by atoms with E-state index in [0.717, 1.165) is 16.9 Å². The fourth-order valence-electron chi connectivity index (χ4n) is 3.66. The van der Waals surface area contributed by atoms with Crippen molar-refractivity contribution in [1.29, 1.82) is 0 Å². The highest BCUT2D eigenvalue weighted by atomic mass is 35.5. The summed E-state index contributed by atoms with van der Waals surface area (Å²) in [4.78, 5) is 39.2. The molecule has 0 saturated carbocycles. The average molecular weight is 521 g/mol. The number of ether oxygens (including phenoxy) is 3. The number of nitrogens with zero attached hydrogens (tertiary/aromatic N) is 1. The van der Waals surface area contributed by atoms with E-state index in [4.69, 9.17) is 25.8 Å². The van der Waals surface area contributed by atoms with E-state index in [2.05, 4.69) is 5.32 Å². The van der Waals surface area contributed by atoms with Gasteiger partial charge in [0.15, 0.2) is 11.5 Å². The van der Waals surface area contributed by atoms with Crippen LogP contribution in [0.4, 0.5) is 10.5 Å². The summed E-state index contributed by atoms with van der Waals surface area (Å²) in [5, 5.41) is 2.45. The van der Waals surface area contributed by atoms with Crippen LogP contribution in [0, 0.1) is 0 Å². The van der Waals surface area contributed by atoms with Gasteiger partial charge in [-0.05, 0) is 60.0 Å². The van der Waals surface area contributed by atoms with E-state index >= 15 is 0 Å². The molecular formula is C28H25ClN2O6. The van der Waals surface area contributed by atoms with Crippen molar-refractivity contribution >= 4 is 41.2 Å². The number of amides is 4. The summed E-state index contributed by atoms with van der Waals surface area (Å²) in [5.74, 6) is -0.311. The smallest absolute Gasteiger partial charge is 0.335 e. The molecule has 0 radical (unpaired) electrons. The van der Waals surface area contributed by atoms with Gasteiger partial charge in [0, 0.05) is 0 Å². The molecule has 0 unspecified atom stereocenters. The number of barbiturate groups is 1. The Hall–Kier alpha value is -4.30. The Morgan fingerprint density at radius 3 is 2.38 bits per heavy atom. The SMILES string of the molecule is CCCOc1ccc(N2C(=O)NC(=O)/C(=C/c3cc(Cl)c(OCc4ccccc4)c(OC)c3)C2=O)cc1. The molecule has 4 rings (SSSR count). The zero-order valence-electron chi connectivity index (χ0n) is 20.3. The van der Waals surface area contributed by atoms with Crippen molar-refractivity contribution < 1.29 is 28.6 Å². The summed E-state index contributed by atoms with van der Waals surface area (Å²) >= 11 is 6.47. The first kappa shape index (κ1) is 25.8. The summed E-state index contributed by atoms with van der Waals surface area (Å²) in [6.07, 6.45) is 2.20. The Morgan fingerprint density at radius 1 is 0.973 bits per heavy atom. The van der Waals surface area contributed by atoms with E-state index in [-0.39, 0.29) is 17.2 Å². The second kappa shape index (κ2) is 11.6. The predicted molar refractivity (Wildman–Crippen MR) is 140 cm³/mol. The zero-order valence-corrected chi connectivity index (χ0v) is 21.1. The summed E-state index contributed by atoms with van der Waals surface area (Å²) in [5.41, 5.74) is 1.43. The molecule has 1 aliphatic rings. The minimum Gasteiger partial charge on any atom is -0.494 e. The molecule has 3 aromatic rings. The van der Waals surface area contributed by atoms with Crippen LogP contribution in [0.15, 0.2) is 72.3 Å². The molecule has 190 valence electrons. The highest BCUT2D eigenvalue weighted by molar-refractivity contribution is 6.39. The lowest BCUT2D eigenvalue weighted by atomic mass is 10.1. The third kappa shape index (κ3) is 5.92. The van der Waals surface area contributed by atoms with Crippen LogP contribution in [-0.4, -0.2) is 31.6 Å². The lowest BCUT2D eigenvalue weighted by Crippen LogP contribution is -2.54. The molecule has 9 heteroatoms. The number of hydrogen-bond acceptors (Lipinski definition) is 6. The molecule has 1 heterocycles. The topological polar surface area (TPSA) is 94.2 Å². The predicted octanol–water partition coefficient (Wildman–Crippen LogP) is 5.38. The van der Waals surface area contributed by atoms with Gasteiger partial charge in [0.2, 0.25) is 0 Å². The molecule has 1 N–H and O–H groups in total. The van der Waals surface area contributed by atoms with Crippen molar-refractivity contribution in [3.8, 4) is 17.2 Å². The number of imide groups is 2. The standard InChI is InChI=1S/C28H25ClN2O6/c1-3-13-36-21-11-9-20(10-12-21)31-27(33)22(26(32)30-28(31)34)14-19-15-23(29)25(24(16-19)35-2)37-17-18-7-5-4-6-8-18/h4-12,14-16H,3,13,17H2,1-2H3,(H,30,32,34)/b22-14-. The Kier molecular flexibility index (Phi) is 8.10. The maximum absolute atomic E-state index is 13.2. The van der Waals surface area contributed by atoms with Gasteiger partial charge in [0.1, 0.15) is 17.9 Å². The Balaban J connectivity index is 1.60. The van der Waals surface area contributed by atoms with Gasteiger partial charge in [-0.1, -0.05) is 48.9 Å². The molecule has 37 heavy (non-hydrogen) atoms. The molecule has 1 fully saturated rings. The van der Waals surface area contributed by atoms with Crippen molar-refractivity contribution in [2.24, 2.45) is 0 Å². The summed E-state index contributed by atoms with van der Waals surface area (Å²) < 4.78 is 16.9. The van der Waals surface area contributed by atoms with Gasteiger partial charge < -0.3 is 14.2 Å². The molecule has 3 aromatic carbocycles. The van der Waals surface area contributed by atoms with Gasteiger partial charge in [0.05, 0.1) is 24.4 Å². The molecule has 1 aliphatic heterocycles. The van der Waals surface area contributed by atoms with E-state index in [1.807, 2.05) is 37.3 Å². The molecule has 8 nitrogen and oxygen atoms in total. The van der Waals surface area contributed by atoms with E-state index < -0.39 is 17.8 Å². The summed E-state index contributed by atoms with van der Waals surface area (Å²) in [6, 6.07) is 18.3. The number of rotatable bonds is 9. The fraction of sp³-hybridized carbons (Fsp3) is 0.179. The van der Waals surface area contributed by atoms with Crippen molar-refractivity contribution in [3.05, 3.63) is 88.5 Å². The molecule has 0 aromatic heterocycles. The number of carbonyl (C=O) groups excluding carboxylic acids is 3. The van der Waals surface area contributed by atoms with Gasteiger partial charge in [-0.15, -0.1) is 0 Å². The molecule has 4 amide bonds. The van der Waals surface area contributed by atoms with Crippen LogP contribution in [0.3, 0.4) is 0 Å². The highest BCUT2D eigenvalue weighted by Crippen LogP contribution is 2.38. The highest BCUT2D eigenvalue weighted by Gasteiger charge is 2.37. The Bertz CT molecular complexity index is 1340. The zero-order chi connectivity index (χ0) is 26.4. The fourth-order valence-corrected chi connectivity index (χ4v) is 3.94. The number of hydrogen-bond donors (Lipinski definition) is 1. The third-order valence-corrected chi connectivity index (χ3v) is 5.74. The van der Waals surface area contributed by atoms with E-state index in [9.17, 15) is 14.4 Å². The monoisotopic (exact) mass is 520 g/mol. The second-order valence-corrected chi connectivity index (χ2v) is 8.52. The summed E-state index contributed by atoms with van der Waals surface area (Å²) in [7, 11) is 1.46. The van der Waals surface area contributed by atoms with Crippen LogP contribution in [0.25, 0.3) is 6.08 Å². The van der Waals surface area contributed by atoms with Crippen molar-refractivity contribution in [2.45, 2.75) is 20.0 Å². The molecule has 1 saturated heterocycles. The van der Waals surface area contributed by atoms with Crippen LogP contribution in [0.1, 0.15) is 24.5 Å². The Morgan fingerprint density at radius 2 is 1.70 bits per heavy atom. The number of anilines is 1. The lowest BCUT2D eigenvalue weighted by molar-refractivity contribution is -0.122. The van der Waals surface area contributed by atoms with Crippen LogP contribution in [-0.2, 0) is 16.2 Å². The molecule has 0 spiro atoms. The number of benzene rings is 3. The van der Waals surface area contributed by atoms with Gasteiger partial charge in [-0.25, -0.2) is 9.69 Å². The molecule has 0 atom stereocenters. The second-order valence-electron chi connectivity index (χ2n) is 8.11. The van der Waals surface area contributed by atoms with Crippen molar-refractivity contribution in [3.63, 3.8) is 0 Å². The third-order valence-electron chi connectivity index (χ3n) is 5.46. The quantitative estimate of drug-likeness (QED) is 0.300. The van der Waals surface area contributed by atoms with E-state index in [1.165, 1.54) is 13.2 Å². The molecule has 0 aliphatic carbocycles. The normalized spacial score (nSPS) is 14.5. The van der Waals surface area contributed by atoms with Crippen molar-refractivity contribution in [1.82, 2.24) is 5.32 Å². The lowest BCUT2D eigenvalue weighted by Gasteiger charge is -2.26. The van der Waals surface area contributed by atoms with Crippen LogP contribution < -0.4 is 24.4 Å². The van der Waals surface area contributed by atoms with Crippen LogP contribution in [0.2, 0.25) is 5.02 Å². The number of nitrogens with one attached hydrogen (secondary N) is 1. The number of methoxy groups -OCH3 is 1. The minimum absolute atomic E-state index is 0.234. The minimum atomic E-state index is -0.838. The number of halogens is 1. The first-order valence-corrected chi connectivity index (χ1v) is 12.0. The van der Waals surface area contributed by atoms with Crippen LogP contribution >= 0.6 is 11.6 Å². The van der Waals surface area contributed by atoms with Gasteiger partial charge in [-0.3, -0.25) is 14.9 Å². The number of carbonyl (C=O) groups is 3. The van der Waals surface area contributed by atoms with Gasteiger partial charge >= 0.3 is 6.03 Å². The van der Waals surface area contributed by atoms with Crippen LogP contribution in [0.5, 0.6) is 17.2 Å². The average Bonchev–Trinajstić information content (AvgIpc) is 2.90. The molecule has 0 bridgehead atoms. The van der Waals surface area contributed by atoms with Crippen molar-refractivity contribution in [2.75, 3.05) is 18.6 Å². The first-order chi connectivity index (χ1) is 17.9. The van der Waals surface area contributed by atoms with Gasteiger partial charge in [0.25, 0.3) is 11.8 Å². The summed E-state index contributed by atoms with van der Waals surface area (Å²) in [6.45, 7) is 2.81. The van der Waals surface area contributed by atoms with E-state index in [1.54, 1.807) is 36.4 Å². The first-order valence-electron chi connectivity index (χ1n) is 11.6. The maximum Gasteiger partial charge on any atom is 0.335 e. The largest absolute Gasteiger partial charge is 0.494 e. The Labute approximate surface area is 219 Å².